The molecule has 0 saturated carbocycles. The number of morpholine rings is 1. The topological polar surface area (TPSA) is 81.2 Å². The van der Waals surface area contributed by atoms with Crippen molar-refractivity contribution < 1.29 is 4.74 Å². The number of nitrogens with two attached hydrogens (primary N) is 1. The molecule has 1 aromatic heterocycles. The number of aryl methyl sites for hydroxylation is 1. The normalized spacial score (nSPS) is 23.8. The predicted molar refractivity (Wildman–Crippen MR) is 63.1 cm³/mol. The fourth-order valence-electron chi connectivity index (χ4n) is 2.05. The minimum atomic E-state index is 0.0562. The largest absolute Gasteiger partial charge is 0.374 e. The maximum absolute atomic E-state index is 5.75. The van der Waals surface area contributed by atoms with Crippen LogP contribution in [0.15, 0.2) is 6.33 Å². The molecule has 96 valence electrons. The van der Waals surface area contributed by atoms with E-state index in [1.165, 1.54) is 0 Å². The van der Waals surface area contributed by atoms with Crippen molar-refractivity contribution >= 4 is 0 Å². The van der Waals surface area contributed by atoms with Crippen molar-refractivity contribution in [3.63, 3.8) is 0 Å². The van der Waals surface area contributed by atoms with E-state index in [-0.39, 0.29) is 12.1 Å². The highest BCUT2D eigenvalue weighted by molar-refractivity contribution is 4.93. The van der Waals surface area contributed by atoms with Crippen LogP contribution >= 0.6 is 0 Å². The molecule has 0 aliphatic carbocycles. The van der Waals surface area contributed by atoms with Gasteiger partial charge in [0.1, 0.15) is 12.2 Å². The van der Waals surface area contributed by atoms with E-state index in [2.05, 4.69) is 27.5 Å². The molecular formula is C10H20N6O. The third-order valence-corrected chi connectivity index (χ3v) is 3.17. The number of hydrazine groups is 1. The number of nitrogens with zero attached hydrogens (tertiary/aromatic N) is 4. The Morgan fingerprint density at radius 2 is 2.47 bits per heavy atom. The summed E-state index contributed by atoms with van der Waals surface area (Å²) < 4.78 is 7.51. The first-order valence-corrected chi connectivity index (χ1v) is 5.80. The predicted octanol–water partition coefficient (Wildman–Crippen LogP) is -1.48. The third kappa shape index (κ3) is 3.01. The molecule has 1 saturated heterocycles. The maximum atomic E-state index is 5.75. The maximum Gasteiger partial charge on any atom is 0.138 e. The summed E-state index contributed by atoms with van der Waals surface area (Å²) in [4.78, 5) is 6.45. The van der Waals surface area contributed by atoms with Gasteiger partial charge in [0.25, 0.3) is 0 Å². The van der Waals surface area contributed by atoms with Crippen molar-refractivity contribution in [1.29, 1.82) is 0 Å². The second-order valence-electron chi connectivity index (χ2n) is 4.45. The van der Waals surface area contributed by atoms with Gasteiger partial charge in [-0.25, -0.2) is 4.98 Å². The van der Waals surface area contributed by atoms with Crippen molar-refractivity contribution in [2.24, 2.45) is 12.9 Å². The van der Waals surface area contributed by atoms with Gasteiger partial charge in [0, 0.05) is 26.6 Å². The molecule has 1 fully saturated rings. The number of hydrogen-bond acceptors (Lipinski definition) is 6. The summed E-state index contributed by atoms with van der Waals surface area (Å²) in [5, 5.41) is 4.05. The molecule has 1 aromatic rings. The van der Waals surface area contributed by atoms with Gasteiger partial charge < -0.3 is 9.64 Å². The summed E-state index contributed by atoms with van der Waals surface area (Å²) in [6.07, 6.45) is 2.36. The van der Waals surface area contributed by atoms with Gasteiger partial charge in [0.15, 0.2) is 0 Å². The van der Waals surface area contributed by atoms with E-state index in [4.69, 9.17) is 10.6 Å². The highest BCUT2D eigenvalue weighted by atomic mass is 16.5. The lowest BCUT2D eigenvalue weighted by Gasteiger charge is -2.34. The molecule has 0 radical (unpaired) electrons. The standard InChI is InChI=1S/C10H20N6O/c1-15-3-4-17-9(6-15)8(14-11)5-10-12-7-13-16(10)2/h7-9,14H,3-6,11H2,1-2H3. The third-order valence-electron chi connectivity index (χ3n) is 3.17. The van der Waals surface area contributed by atoms with Gasteiger partial charge in [-0.2, -0.15) is 5.10 Å². The van der Waals surface area contributed by atoms with Crippen LogP contribution in [0, 0.1) is 0 Å². The molecule has 1 aliphatic heterocycles. The summed E-state index contributed by atoms with van der Waals surface area (Å²) in [5.74, 6) is 6.52. The van der Waals surface area contributed by atoms with Crippen LogP contribution in [0.4, 0.5) is 0 Å². The van der Waals surface area contributed by atoms with Crippen LogP contribution in [0.3, 0.4) is 0 Å². The molecule has 0 bridgehead atoms. The van der Waals surface area contributed by atoms with Gasteiger partial charge in [-0.1, -0.05) is 0 Å². The summed E-state index contributed by atoms with van der Waals surface area (Å²) in [6, 6.07) is 0.0562. The smallest absolute Gasteiger partial charge is 0.138 e. The first-order valence-electron chi connectivity index (χ1n) is 5.80. The molecule has 0 spiro atoms. The lowest BCUT2D eigenvalue weighted by Crippen LogP contribution is -2.54. The molecule has 0 aromatic carbocycles. The Balaban J connectivity index is 1.98. The van der Waals surface area contributed by atoms with Crippen molar-refractivity contribution in [3.8, 4) is 0 Å². The minimum absolute atomic E-state index is 0.0562. The number of nitrogens with one attached hydrogen (secondary N) is 1. The Labute approximate surface area is 101 Å². The zero-order chi connectivity index (χ0) is 12.3. The van der Waals surface area contributed by atoms with Crippen molar-refractivity contribution in [3.05, 3.63) is 12.2 Å². The Bertz CT molecular complexity index is 354. The number of likely N-dealkylation sites (N-methyl/N-ethyl adjacent to an activating group) is 1. The molecular weight excluding hydrogens is 220 g/mol. The Morgan fingerprint density at radius 3 is 3.06 bits per heavy atom. The summed E-state index contributed by atoms with van der Waals surface area (Å²) in [6.45, 7) is 2.60. The van der Waals surface area contributed by atoms with E-state index < -0.39 is 0 Å². The van der Waals surface area contributed by atoms with Gasteiger partial charge in [-0.3, -0.25) is 16.0 Å². The zero-order valence-corrected chi connectivity index (χ0v) is 10.3. The van der Waals surface area contributed by atoms with Crippen LogP contribution < -0.4 is 11.3 Å². The first-order chi connectivity index (χ1) is 8.20. The van der Waals surface area contributed by atoms with Crippen LogP contribution in [0.1, 0.15) is 5.82 Å². The second-order valence-corrected chi connectivity index (χ2v) is 4.45. The fraction of sp³-hybridized carbons (Fsp3) is 0.800. The molecule has 1 aliphatic rings. The first kappa shape index (κ1) is 12.4. The Morgan fingerprint density at radius 1 is 1.65 bits per heavy atom. The van der Waals surface area contributed by atoms with E-state index >= 15 is 0 Å². The zero-order valence-electron chi connectivity index (χ0n) is 10.3. The molecule has 2 heterocycles. The SMILES string of the molecule is CN1CCOC(C(Cc2ncnn2C)NN)C1. The van der Waals surface area contributed by atoms with Crippen LogP contribution in [-0.2, 0) is 18.2 Å². The summed E-state index contributed by atoms with van der Waals surface area (Å²) in [7, 11) is 3.97. The molecule has 3 N–H and O–H groups in total. The van der Waals surface area contributed by atoms with E-state index in [9.17, 15) is 0 Å². The van der Waals surface area contributed by atoms with Gasteiger partial charge in [-0.15, -0.1) is 0 Å². The molecule has 2 atom stereocenters. The van der Waals surface area contributed by atoms with Crippen molar-refractivity contribution in [2.75, 3.05) is 26.7 Å². The lowest BCUT2D eigenvalue weighted by atomic mass is 10.1. The number of ether oxygens (including phenoxy) is 1. The quantitative estimate of drug-likeness (QED) is 0.493. The van der Waals surface area contributed by atoms with Gasteiger partial charge in [0.2, 0.25) is 0 Å². The molecule has 0 amide bonds. The van der Waals surface area contributed by atoms with E-state index in [0.29, 0.717) is 6.42 Å². The molecule has 2 rings (SSSR count). The molecule has 7 nitrogen and oxygen atoms in total. The van der Waals surface area contributed by atoms with Crippen LogP contribution in [0.2, 0.25) is 0 Å². The summed E-state index contributed by atoms with van der Waals surface area (Å²) >= 11 is 0. The molecule has 7 heteroatoms. The van der Waals surface area contributed by atoms with Crippen molar-refractivity contribution in [1.82, 2.24) is 25.1 Å². The average Bonchev–Trinajstić information content (AvgIpc) is 2.71. The van der Waals surface area contributed by atoms with Crippen LogP contribution in [0.5, 0.6) is 0 Å². The molecule has 17 heavy (non-hydrogen) atoms. The van der Waals surface area contributed by atoms with E-state index in [1.807, 2.05) is 7.05 Å². The second kappa shape index (κ2) is 5.54. The number of rotatable bonds is 4. The van der Waals surface area contributed by atoms with Crippen molar-refractivity contribution in [2.45, 2.75) is 18.6 Å². The van der Waals surface area contributed by atoms with E-state index in [1.54, 1.807) is 11.0 Å². The van der Waals surface area contributed by atoms with Gasteiger partial charge >= 0.3 is 0 Å². The lowest BCUT2D eigenvalue weighted by molar-refractivity contribution is -0.0388. The number of aromatic nitrogens is 3. The monoisotopic (exact) mass is 240 g/mol. The number of hydrogen-bond donors (Lipinski definition) is 2. The highest BCUT2D eigenvalue weighted by Crippen LogP contribution is 2.10. The fourth-order valence-corrected chi connectivity index (χ4v) is 2.05. The van der Waals surface area contributed by atoms with Crippen LogP contribution in [0.25, 0.3) is 0 Å². The highest BCUT2D eigenvalue weighted by Gasteiger charge is 2.27. The molecule has 2 unspecified atom stereocenters. The van der Waals surface area contributed by atoms with Gasteiger partial charge in [0.05, 0.1) is 18.8 Å². The Kier molecular flexibility index (Phi) is 4.06. The Hall–Kier alpha value is -1.02. The minimum Gasteiger partial charge on any atom is -0.374 e. The van der Waals surface area contributed by atoms with Gasteiger partial charge in [-0.05, 0) is 7.05 Å². The summed E-state index contributed by atoms with van der Waals surface area (Å²) in [5.41, 5.74) is 2.83. The average molecular weight is 240 g/mol. The van der Waals surface area contributed by atoms with Crippen LogP contribution in [-0.4, -0.2) is 58.6 Å². The van der Waals surface area contributed by atoms with E-state index in [0.717, 1.165) is 25.5 Å².